The number of aromatic nitrogens is 1. The molecule has 1 aliphatic rings. The van der Waals surface area contributed by atoms with Crippen molar-refractivity contribution in [2.45, 2.75) is 0 Å². The minimum Gasteiger partial charge on any atom is -0.322 e. The maximum Gasteiger partial charge on any atom is 0.321 e. The second kappa shape index (κ2) is 9.03. The van der Waals surface area contributed by atoms with Crippen LogP contribution in [0.25, 0.3) is 6.08 Å². The molecule has 3 rings (SSSR count). The van der Waals surface area contributed by atoms with E-state index < -0.39 is 0 Å². The number of carbonyl (C=O) groups is 1. The zero-order valence-electron chi connectivity index (χ0n) is 14.2. The first-order valence-corrected chi connectivity index (χ1v) is 9.19. The molecule has 0 unspecified atom stereocenters. The third-order valence-corrected chi connectivity index (χ3v) is 4.53. The molecule has 2 aromatic rings. The van der Waals surface area contributed by atoms with E-state index in [2.05, 4.69) is 39.5 Å². The minimum atomic E-state index is -0.150. The first-order valence-electron chi connectivity index (χ1n) is 8.43. The van der Waals surface area contributed by atoms with Crippen LogP contribution < -0.4 is 5.32 Å². The zero-order valence-corrected chi connectivity index (χ0v) is 15.7. The molecule has 0 spiro atoms. The SMILES string of the molecule is O=C(Nc1cc(Cl)nc(Cl)c1)N1CCN(C/C=C\c2ccccc2)CC1. The van der Waals surface area contributed by atoms with Crippen molar-refractivity contribution >= 4 is 41.0 Å². The second-order valence-electron chi connectivity index (χ2n) is 6.03. The summed E-state index contributed by atoms with van der Waals surface area (Å²) in [5, 5.41) is 3.32. The summed E-state index contributed by atoms with van der Waals surface area (Å²) < 4.78 is 0. The van der Waals surface area contributed by atoms with Crippen LogP contribution in [0.1, 0.15) is 5.56 Å². The summed E-state index contributed by atoms with van der Waals surface area (Å²) in [5.41, 5.74) is 1.74. The summed E-state index contributed by atoms with van der Waals surface area (Å²) in [7, 11) is 0. The maximum atomic E-state index is 12.4. The number of benzene rings is 1. The Morgan fingerprint density at radius 3 is 2.38 bits per heavy atom. The van der Waals surface area contributed by atoms with Crippen LogP contribution in [-0.2, 0) is 0 Å². The van der Waals surface area contributed by atoms with Crippen LogP contribution in [0.4, 0.5) is 10.5 Å². The number of rotatable bonds is 4. The molecule has 0 aliphatic carbocycles. The van der Waals surface area contributed by atoms with E-state index in [1.165, 1.54) is 5.56 Å². The van der Waals surface area contributed by atoms with Gasteiger partial charge in [0.25, 0.3) is 0 Å². The molecular formula is C19H20Cl2N4O. The summed E-state index contributed by atoms with van der Waals surface area (Å²) in [6.07, 6.45) is 4.28. The average Bonchev–Trinajstić information content (AvgIpc) is 2.62. The lowest BCUT2D eigenvalue weighted by molar-refractivity contribution is 0.156. The Labute approximate surface area is 163 Å². The van der Waals surface area contributed by atoms with Gasteiger partial charge in [-0.25, -0.2) is 9.78 Å². The van der Waals surface area contributed by atoms with Gasteiger partial charge < -0.3 is 10.2 Å². The molecule has 0 radical (unpaired) electrons. The number of amides is 2. The van der Waals surface area contributed by atoms with Crippen LogP contribution in [0.5, 0.6) is 0 Å². The van der Waals surface area contributed by atoms with Gasteiger partial charge in [-0.3, -0.25) is 4.90 Å². The molecule has 1 fully saturated rings. The van der Waals surface area contributed by atoms with E-state index in [0.29, 0.717) is 18.8 Å². The molecule has 7 heteroatoms. The largest absolute Gasteiger partial charge is 0.322 e. The van der Waals surface area contributed by atoms with Crippen LogP contribution in [0, 0.1) is 0 Å². The number of halogens is 2. The minimum absolute atomic E-state index is 0.150. The molecular weight excluding hydrogens is 371 g/mol. The summed E-state index contributed by atoms with van der Waals surface area (Å²) >= 11 is 11.7. The molecule has 0 saturated carbocycles. The molecule has 1 aromatic heterocycles. The van der Waals surface area contributed by atoms with E-state index in [0.717, 1.165) is 19.6 Å². The lowest BCUT2D eigenvalue weighted by Gasteiger charge is -2.34. The van der Waals surface area contributed by atoms with Crippen LogP contribution in [0.3, 0.4) is 0 Å². The number of anilines is 1. The number of hydrogen-bond acceptors (Lipinski definition) is 3. The Kier molecular flexibility index (Phi) is 6.50. The highest BCUT2D eigenvalue weighted by molar-refractivity contribution is 6.32. The third kappa shape index (κ3) is 5.46. The Balaban J connectivity index is 1.45. The van der Waals surface area contributed by atoms with Crippen molar-refractivity contribution in [3.8, 4) is 0 Å². The van der Waals surface area contributed by atoms with Gasteiger partial charge >= 0.3 is 6.03 Å². The van der Waals surface area contributed by atoms with Crippen molar-refractivity contribution < 1.29 is 4.79 Å². The van der Waals surface area contributed by atoms with Crippen LogP contribution in [0.2, 0.25) is 10.3 Å². The molecule has 5 nitrogen and oxygen atoms in total. The number of nitrogens with zero attached hydrogens (tertiary/aromatic N) is 3. The quantitative estimate of drug-likeness (QED) is 0.793. The Morgan fingerprint density at radius 1 is 1.08 bits per heavy atom. The van der Waals surface area contributed by atoms with E-state index in [9.17, 15) is 4.79 Å². The number of nitrogens with one attached hydrogen (secondary N) is 1. The molecule has 1 aliphatic heterocycles. The predicted octanol–water partition coefficient (Wildman–Crippen LogP) is 4.25. The summed E-state index contributed by atoms with van der Waals surface area (Å²) in [5.74, 6) is 0. The molecule has 136 valence electrons. The lowest BCUT2D eigenvalue weighted by atomic mass is 10.2. The van der Waals surface area contributed by atoms with E-state index in [-0.39, 0.29) is 16.3 Å². The van der Waals surface area contributed by atoms with Gasteiger partial charge in [-0.1, -0.05) is 65.7 Å². The third-order valence-electron chi connectivity index (χ3n) is 4.15. The first-order chi connectivity index (χ1) is 12.6. The highest BCUT2D eigenvalue weighted by atomic mass is 35.5. The Hall–Kier alpha value is -2.08. The standard InChI is InChI=1S/C19H20Cl2N4O/c20-17-13-16(14-18(21)23-17)22-19(26)25-11-9-24(10-12-25)8-4-7-15-5-2-1-3-6-15/h1-7,13-14H,8-12H2,(H,22,23,26)/b7-4-. The topological polar surface area (TPSA) is 48.5 Å². The number of carbonyl (C=O) groups excluding carboxylic acids is 1. The van der Waals surface area contributed by atoms with E-state index in [1.807, 2.05) is 18.2 Å². The lowest BCUT2D eigenvalue weighted by Crippen LogP contribution is -2.49. The van der Waals surface area contributed by atoms with Gasteiger partial charge in [-0.15, -0.1) is 0 Å². The number of hydrogen-bond donors (Lipinski definition) is 1. The molecule has 1 N–H and O–H groups in total. The van der Waals surface area contributed by atoms with Crippen LogP contribution in [0.15, 0.2) is 48.5 Å². The highest BCUT2D eigenvalue weighted by Gasteiger charge is 2.20. The van der Waals surface area contributed by atoms with Gasteiger partial charge in [0.05, 0.1) is 0 Å². The van der Waals surface area contributed by atoms with Crippen LogP contribution >= 0.6 is 23.2 Å². The van der Waals surface area contributed by atoms with E-state index in [1.54, 1.807) is 17.0 Å². The Morgan fingerprint density at radius 2 is 1.73 bits per heavy atom. The summed E-state index contributed by atoms with van der Waals surface area (Å²) in [6, 6.07) is 13.2. The van der Waals surface area contributed by atoms with Crippen molar-refractivity contribution in [1.82, 2.24) is 14.8 Å². The molecule has 0 bridgehead atoms. The number of pyridine rings is 1. The van der Waals surface area contributed by atoms with Gasteiger partial charge in [-0.05, 0) is 17.7 Å². The summed E-state index contributed by atoms with van der Waals surface area (Å²) in [6.45, 7) is 3.91. The fraction of sp³-hybridized carbons (Fsp3) is 0.263. The van der Waals surface area contributed by atoms with Crippen molar-refractivity contribution in [3.63, 3.8) is 0 Å². The maximum absolute atomic E-state index is 12.4. The fourth-order valence-electron chi connectivity index (χ4n) is 2.78. The van der Waals surface area contributed by atoms with Gasteiger partial charge in [0, 0.05) is 38.4 Å². The van der Waals surface area contributed by atoms with Crippen molar-refractivity contribution in [1.29, 1.82) is 0 Å². The zero-order chi connectivity index (χ0) is 18.4. The van der Waals surface area contributed by atoms with Gasteiger partial charge in [0.15, 0.2) is 0 Å². The van der Waals surface area contributed by atoms with E-state index in [4.69, 9.17) is 23.2 Å². The average molecular weight is 391 g/mol. The summed E-state index contributed by atoms with van der Waals surface area (Å²) in [4.78, 5) is 20.4. The Bertz CT molecular complexity index is 754. The molecule has 1 aromatic carbocycles. The van der Waals surface area contributed by atoms with E-state index >= 15 is 0 Å². The molecule has 1 saturated heterocycles. The molecule has 2 amide bonds. The highest BCUT2D eigenvalue weighted by Crippen LogP contribution is 2.19. The van der Waals surface area contributed by atoms with Crippen molar-refractivity contribution in [2.75, 3.05) is 38.0 Å². The van der Waals surface area contributed by atoms with Crippen LogP contribution in [-0.4, -0.2) is 53.5 Å². The fourth-order valence-corrected chi connectivity index (χ4v) is 3.24. The normalized spacial score (nSPS) is 15.4. The molecule has 0 atom stereocenters. The number of urea groups is 1. The monoisotopic (exact) mass is 390 g/mol. The number of piperazine rings is 1. The second-order valence-corrected chi connectivity index (χ2v) is 6.81. The van der Waals surface area contributed by atoms with Gasteiger partial charge in [0.2, 0.25) is 0 Å². The van der Waals surface area contributed by atoms with Crippen molar-refractivity contribution in [3.05, 3.63) is 64.4 Å². The molecule has 26 heavy (non-hydrogen) atoms. The van der Waals surface area contributed by atoms with Gasteiger partial charge in [0.1, 0.15) is 10.3 Å². The smallest absolute Gasteiger partial charge is 0.321 e. The van der Waals surface area contributed by atoms with Crippen molar-refractivity contribution in [2.24, 2.45) is 0 Å². The first kappa shape index (κ1) is 18.7. The molecule has 2 heterocycles. The predicted molar refractivity (Wildman–Crippen MR) is 107 cm³/mol. The van der Waals surface area contributed by atoms with Gasteiger partial charge in [-0.2, -0.15) is 0 Å².